The summed E-state index contributed by atoms with van der Waals surface area (Å²) < 4.78 is 32.0. The van der Waals surface area contributed by atoms with E-state index in [0.29, 0.717) is 68.3 Å². The molecule has 0 spiro atoms. The molecule has 1 aliphatic carbocycles. The van der Waals surface area contributed by atoms with Crippen LogP contribution in [0.5, 0.6) is 0 Å². The number of pyridine rings is 1. The highest BCUT2D eigenvalue weighted by molar-refractivity contribution is 6.39. The van der Waals surface area contributed by atoms with Crippen molar-refractivity contribution in [2.45, 2.75) is 180 Å². The summed E-state index contributed by atoms with van der Waals surface area (Å²) in [7, 11) is 4.64. The van der Waals surface area contributed by atoms with Gasteiger partial charge >= 0.3 is 5.97 Å². The molecule has 412 valence electrons. The number of cyclic esters (lactones) is 1. The predicted molar refractivity (Wildman–Crippen MR) is 281 cm³/mol. The summed E-state index contributed by atoms with van der Waals surface area (Å²) in [5.74, 6) is -8.02. The zero-order valence-electron chi connectivity index (χ0n) is 45.8. The minimum atomic E-state index is -2.44. The largest absolute Gasteiger partial charge is 0.460 e. The Morgan fingerprint density at radius 2 is 1.64 bits per heavy atom. The van der Waals surface area contributed by atoms with Crippen LogP contribution in [0.3, 0.4) is 0 Å². The third-order valence-electron chi connectivity index (χ3n) is 16.3. The van der Waals surface area contributed by atoms with Gasteiger partial charge in [-0.2, -0.15) is 0 Å². The van der Waals surface area contributed by atoms with Crippen molar-refractivity contribution in [2.75, 3.05) is 27.9 Å². The zero-order valence-corrected chi connectivity index (χ0v) is 45.8. The number of carbonyl (C=O) groups is 5. The van der Waals surface area contributed by atoms with Gasteiger partial charge in [0.1, 0.15) is 35.8 Å². The summed E-state index contributed by atoms with van der Waals surface area (Å²) in [5, 5.41) is 32.4. The Morgan fingerprint density at radius 1 is 0.867 bits per heavy atom. The summed E-state index contributed by atoms with van der Waals surface area (Å²) >= 11 is 0. The van der Waals surface area contributed by atoms with Crippen molar-refractivity contribution in [2.24, 2.45) is 35.5 Å². The van der Waals surface area contributed by atoms with Gasteiger partial charge in [-0.3, -0.25) is 24.2 Å². The number of hydrogen-bond donors (Lipinski definition) is 2. The molecule has 1 saturated carbocycles. The average Bonchev–Trinajstić information content (AvgIpc) is 3.90. The molecule has 3 fully saturated rings. The van der Waals surface area contributed by atoms with E-state index >= 15 is 0 Å². The number of piperidine rings is 1. The van der Waals surface area contributed by atoms with E-state index < -0.39 is 77.8 Å². The SMILES string of the molecule is CO[C@H]1C[C@@H]2CC[C@@H](C)[C@@](O)(O2)C(=O)C(=O)N2CCCC[C@H]2C(=O)O[C@H]([C@H](C)C[C@@H]2CC[C@H](n3cc(-c4ccccn4)nn3)[C@H](OC)C2)CC(=O)[C@H](C)/C=C(\C)[C@@H](O)[C@@H](OC)C(=O)[C@H](C)C[C@H](C)/C=C/C=CC=C1C. The van der Waals surface area contributed by atoms with Crippen molar-refractivity contribution in [3.05, 3.63) is 78.2 Å². The van der Waals surface area contributed by atoms with Crippen molar-refractivity contribution < 1.29 is 57.9 Å². The first-order valence-electron chi connectivity index (χ1n) is 27.1. The highest BCUT2D eigenvalue weighted by Gasteiger charge is 2.53. The van der Waals surface area contributed by atoms with Crippen molar-refractivity contribution in [3.63, 3.8) is 0 Å². The lowest BCUT2D eigenvalue weighted by atomic mass is 9.77. The number of aliphatic hydroxyl groups excluding tert-OH is 1. The first-order chi connectivity index (χ1) is 35.8. The molecular weight excluding hydrogens is 959 g/mol. The van der Waals surface area contributed by atoms with Crippen LogP contribution in [0, 0.1) is 35.5 Å². The van der Waals surface area contributed by atoms with E-state index in [1.54, 1.807) is 47.3 Å². The van der Waals surface area contributed by atoms with E-state index in [0.717, 1.165) is 18.4 Å². The number of aromatic nitrogens is 4. The highest BCUT2D eigenvalue weighted by atomic mass is 16.6. The van der Waals surface area contributed by atoms with Crippen molar-refractivity contribution >= 4 is 29.2 Å². The third kappa shape index (κ3) is 14.9. The van der Waals surface area contributed by atoms with Gasteiger partial charge in [0.25, 0.3) is 11.7 Å². The fraction of sp³-hybridized carbons (Fsp3) is 0.655. The van der Waals surface area contributed by atoms with Crippen LogP contribution in [0.2, 0.25) is 0 Å². The van der Waals surface area contributed by atoms with Gasteiger partial charge in [-0.1, -0.05) is 82.4 Å². The number of rotatable bonds is 8. The third-order valence-corrected chi connectivity index (χ3v) is 16.3. The van der Waals surface area contributed by atoms with Crippen LogP contribution in [-0.2, 0) is 47.7 Å². The van der Waals surface area contributed by atoms with E-state index in [4.69, 9.17) is 23.7 Å². The number of ketones is 3. The van der Waals surface area contributed by atoms with Crippen molar-refractivity contribution in [1.82, 2.24) is 24.9 Å². The normalized spacial score (nSPS) is 35.4. The second-order valence-electron chi connectivity index (χ2n) is 21.9. The summed E-state index contributed by atoms with van der Waals surface area (Å²) in [6.45, 7) is 12.8. The molecule has 6 rings (SSSR count). The molecule has 0 unspecified atom stereocenters. The van der Waals surface area contributed by atoms with Crippen LogP contribution in [0.15, 0.2) is 78.2 Å². The first kappa shape index (κ1) is 59.2. The van der Waals surface area contributed by atoms with Crippen LogP contribution >= 0.6 is 0 Å². The molecule has 5 heterocycles. The minimum Gasteiger partial charge on any atom is -0.460 e. The second-order valence-corrected chi connectivity index (χ2v) is 21.9. The smallest absolute Gasteiger partial charge is 0.329 e. The van der Waals surface area contributed by atoms with Crippen LogP contribution in [0.4, 0.5) is 0 Å². The molecule has 75 heavy (non-hydrogen) atoms. The Kier molecular flexibility index (Phi) is 21.6. The van der Waals surface area contributed by atoms with E-state index in [1.165, 1.54) is 12.0 Å². The van der Waals surface area contributed by atoms with Crippen LogP contribution < -0.4 is 0 Å². The molecule has 2 N–H and O–H groups in total. The Bertz CT molecular complexity index is 2380. The van der Waals surface area contributed by atoms with E-state index in [9.17, 15) is 34.2 Å². The second kappa shape index (κ2) is 27.3. The molecule has 15 atom stereocenters. The lowest BCUT2D eigenvalue weighted by molar-refractivity contribution is -0.265. The maximum absolute atomic E-state index is 14.6. The maximum atomic E-state index is 14.6. The Labute approximate surface area is 443 Å². The Hall–Kier alpha value is -5.04. The Balaban J connectivity index is 1.28. The fourth-order valence-corrected chi connectivity index (χ4v) is 11.5. The fourth-order valence-electron chi connectivity index (χ4n) is 11.5. The van der Waals surface area contributed by atoms with E-state index in [-0.39, 0.29) is 60.9 Å². The van der Waals surface area contributed by atoms with Crippen molar-refractivity contribution in [1.29, 1.82) is 0 Å². The molecule has 1 amide bonds. The maximum Gasteiger partial charge on any atom is 0.329 e. The summed E-state index contributed by atoms with van der Waals surface area (Å²) in [5.41, 5.74) is 2.64. The van der Waals surface area contributed by atoms with Gasteiger partial charge in [0.15, 0.2) is 5.78 Å². The average molecular weight is 1040 g/mol. The van der Waals surface area contributed by atoms with Gasteiger partial charge in [-0.05, 0) is 119 Å². The first-order valence-corrected chi connectivity index (χ1v) is 27.1. The molecule has 0 aromatic carbocycles. The van der Waals surface area contributed by atoms with Gasteiger partial charge < -0.3 is 38.8 Å². The van der Waals surface area contributed by atoms with Gasteiger partial charge in [0.05, 0.1) is 36.2 Å². The number of aliphatic hydroxyl groups is 2. The van der Waals surface area contributed by atoms with Crippen molar-refractivity contribution in [3.8, 4) is 11.4 Å². The number of hydrogen-bond acceptors (Lipinski definition) is 15. The number of esters is 1. The number of nitrogens with zero attached hydrogens (tertiary/aromatic N) is 5. The molecule has 2 bridgehead atoms. The predicted octanol–water partition coefficient (Wildman–Crippen LogP) is 7.71. The van der Waals surface area contributed by atoms with E-state index in [1.807, 2.05) is 87.2 Å². The molecule has 0 radical (unpaired) electrons. The molecule has 17 heteroatoms. The zero-order chi connectivity index (χ0) is 54.6. The van der Waals surface area contributed by atoms with E-state index in [2.05, 4.69) is 15.3 Å². The Morgan fingerprint density at radius 3 is 2.35 bits per heavy atom. The van der Waals surface area contributed by atoms with Crippen LogP contribution in [0.25, 0.3) is 11.4 Å². The number of ether oxygens (including phenoxy) is 5. The molecule has 3 aliphatic heterocycles. The number of fused-ring (bicyclic) bond motifs is 3. The number of carbonyl (C=O) groups excluding carboxylic acids is 5. The topological polar surface area (TPSA) is 219 Å². The standard InChI is InChI=1S/C58H83N5O12/c1-35-18-12-11-13-19-36(2)49(71-8)32-43-24-22-41(7)58(70,75-43)55(67)56(68)62-27-17-15-21-47(62)57(69)74-50(33-48(64)37(3)29-40(6)53(66)54(73-10)52(65)39(5)28-35)38(4)30-42-23-25-46(51(31-42)72-9)63-34-45(60-61-63)44-20-14-16-26-59-44/h11-14,16,18-20,26,29,34-35,37-39,41-43,46-47,49-51,53-54,66,70H,15,17,21-25,27-28,30-33H2,1-10H3/b13-11?,18-12+,36-19?,40-29+/t35-,37-,38-,39-,41-,42+,43+,46+,47+,49+,50+,51-,53-,54+,58-/m1/s1. The quantitative estimate of drug-likeness (QED) is 0.147. The molecule has 2 aromatic rings. The molecule has 4 aliphatic rings. The molecule has 17 nitrogen and oxygen atoms in total. The van der Waals surface area contributed by atoms with Gasteiger partial charge in [0.2, 0.25) is 5.79 Å². The minimum absolute atomic E-state index is 0.0115. The number of methoxy groups -OCH3 is 3. The highest BCUT2D eigenvalue weighted by Crippen LogP contribution is 2.40. The molecule has 2 saturated heterocycles. The van der Waals surface area contributed by atoms with Gasteiger partial charge in [0, 0.05) is 64.7 Å². The lowest BCUT2D eigenvalue weighted by Crippen LogP contribution is -2.61. The number of Topliss-reactive ketones (excluding diaryl/α,β-unsaturated/α-hetero) is 3. The van der Waals surface area contributed by atoms with Crippen LogP contribution in [-0.4, -0.2) is 141 Å². The van der Waals surface area contributed by atoms with Gasteiger partial charge in [-0.15, -0.1) is 5.10 Å². The summed E-state index contributed by atoms with van der Waals surface area (Å²) in [6.07, 6.45) is 15.8. The number of allylic oxidation sites excluding steroid dienone is 6. The van der Waals surface area contributed by atoms with Gasteiger partial charge in [-0.25, -0.2) is 9.48 Å². The molecule has 2 aromatic heterocycles. The molecular formula is C58H83N5O12. The summed E-state index contributed by atoms with van der Waals surface area (Å²) in [4.78, 5) is 77.2. The monoisotopic (exact) mass is 1040 g/mol. The summed E-state index contributed by atoms with van der Waals surface area (Å²) in [6, 6.07) is 4.38. The number of amides is 1. The lowest BCUT2D eigenvalue weighted by Gasteiger charge is -2.42. The van der Waals surface area contributed by atoms with Crippen LogP contribution in [0.1, 0.15) is 132 Å².